The quantitative estimate of drug-likeness (QED) is 0.805. The molecule has 3 fully saturated rings. The molecular formula is C17H27F3O. The first kappa shape index (κ1) is 15.6. The van der Waals surface area contributed by atoms with Crippen LogP contribution in [-0.2, 0) is 0 Å². The Morgan fingerprint density at radius 1 is 1.19 bits per heavy atom. The first-order valence-corrected chi connectivity index (χ1v) is 8.20. The van der Waals surface area contributed by atoms with E-state index in [9.17, 15) is 18.3 Å². The van der Waals surface area contributed by atoms with Crippen LogP contribution >= 0.6 is 0 Å². The van der Waals surface area contributed by atoms with Crippen LogP contribution in [-0.4, -0.2) is 16.9 Å². The second-order valence-corrected chi connectivity index (χ2v) is 8.64. The summed E-state index contributed by atoms with van der Waals surface area (Å²) >= 11 is 0. The lowest BCUT2D eigenvalue weighted by Crippen LogP contribution is -2.45. The summed E-state index contributed by atoms with van der Waals surface area (Å²) in [7, 11) is 0. The highest BCUT2D eigenvalue weighted by Gasteiger charge is 2.80. The number of fused-ring (bicyclic) bond motifs is 3. The second-order valence-electron chi connectivity index (χ2n) is 8.64. The molecule has 7 unspecified atom stereocenters. The molecule has 0 radical (unpaired) electrons. The van der Waals surface area contributed by atoms with Gasteiger partial charge in [0.05, 0.1) is 0 Å². The number of halogens is 3. The maximum Gasteiger partial charge on any atom is 0.416 e. The summed E-state index contributed by atoms with van der Waals surface area (Å²) in [6.07, 6.45) is -2.87. The van der Waals surface area contributed by atoms with E-state index in [-0.39, 0.29) is 23.2 Å². The van der Waals surface area contributed by atoms with E-state index < -0.39 is 11.8 Å². The van der Waals surface area contributed by atoms with Gasteiger partial charge in [0, 0.05) is 0 Å². The highest BCUT2D eigenvalue weighted by atomic mass is 19.4. The zero-order valence-corrected chi connectivity index (χ0v) is 13.6. The van der Waals surface area contributed by atoms with Gasteiger partial charge in [0.1, 0.15) is 0 Å². The minimum absolute atomic E-state index is 0.00199. The van der Waals surface area contributed by atoms with Gasteiger partial charge in [-0.1, -0.05) is 27.7 Å². The molecule has 3 aliphatic rings. The van der Waals surface area contributed by atoms with Crippen LogP contribution in [0.15, 0.2) is 0 Å². The first-order chi connectivity index (χ1) is 9.41. The van der Waals surface area contributed by atoms with Crippen molar-refractivity contribution < 1.29 is 18.3 Å². The number of aliphatic hydroxyl groups is 1. The van der Waals surface area contributed by atoms with Gasteiger partial charge in [0.25, 0.3) is 0 Å². The molecule has 0 amide bonds. The summed E-state index contributed by atoms with van der Waals surface area (Å²) in [6.45, 7) is 9.79. The molecule has 0 aromatic rings. The Labute approximate surface area is 125 Å². The maximum absolute atomic E-state index is 13.1. The zero-order chi connectivity index (χ0) is 16.0. The lowest BCUT2D eigenvalue weighted by atomic mass is 9.71. The van der Waals surface area contributed by atoms with Gasteiger partial charge < -0.3 is 5.11 Å². The molecule has 1 N–H and O–H groups in total. The molecule has 7 atom stereocenters. The van der Waals surface area contributed by atoms with Gasteiger partial charge in [-0.05, 0) is 66.6 Å². The Kier molecular flexibility index (Phi) is 2.97. The molecule has 0 spiro atoms. The van der Waals surface area contributed by atoms with Crippen molar-refractivity contribution in [3.8, 4) is 0 Å². The Bertz CT molecular complexity index is 453. The van der Waals surface area contributed by atoms with Crippen LogP contribution in [0.5, 0.6) is 0 Å². The number of hydrogen-bond acceptors (Lipinski definition) is 1. The fourth-order valence-corrected chi connectivity index (χ4v) is 6.17. The molecule has 3 aliphatic carbocycles. The molecule has 3 saturated carbocycles. The molecule has 0 saturated heterocycles. The van der Waals surface area contributed by atoms with Crippen molar-refractivity contribution in [2.45, 2.75) is 65.7 Å². The van der Waals surface area contributed by atoms with Crippen LogP contribution in [0, 0.1) is 40.4 Å². The van der Waals surface area contributed by atoms with Crippen molar-refractivity contribution in [1.29, 1.82) is 0 Å². The molecule has 3 rings (SSSR count). The summed E-state index contributed by atoms with van der Waals surface area (Å²) in [5.74, 6) is 2.33. The van der Waals surface area contributed by atoms with Crippen molar-refractivity contribution in [3.05, 3.63) is 0 Å². The van der Waals surface area contributed by atoms with Gasteiger partial charge in [0.2, 0.25) is 0 Å². The van der Waals surface area contributed by atoms with Gasteiger partial charge in [-0.2, -0.15) is 13.2 Å². The third-order valence-electron chi connectivity index (χ3n) is 7.59. The number of alkyl halides is 3. The fraction of sp³-hybridized carbons (Fsp3) is 1.00. The highest BCUT2D eigenvalue weighted by Crippen LogP contribution is 2.84. The van der Waals surface area contributed by atoms with Gasteiger partial charge >= 0.3 is 6.18 Å². The molecule has 21 heavy (non-hydrogen) atoms. The van der Waals surface area contributed by atoms with Crippen molar-refractivity contribution in [2.75, 3.05) is 0 Å². The Morgan fingerprint density at radius 3 is 2.24 bits per heavy atom. The van der Waals surface area contributed by atoms with Crippen LogP contribution in [0.1, 0.15) is 53.9 Å². The molecule has 0 bridgehead atoms. The van der Waals surface area contributed by atoms with Gasteiger partial charge in [-0.15, -0.1) is 0 Å². The van der Waals surface area contributed by atoms with E-state index in [4.69, 9.17) is 0 Å². The van der Waals surface area contributed by atoms with E-state index in [1.54, 1.807) is 0 Å². The smallest absolute Gasteiger partial charge is 0.381 e. The standard InChI is InChI=1S/C17H27F3O/c1-6-16-9(2)12(16)13-11(14(13,3)4)7-10(16)8-15(5,21)17(18,19)20/h9-13,21H,6-8H2,1-5H3. The van der Waals surface area contributed by atoms with E-state index in [0.29, 0.717) is 23.7 Å². The number of hydrogen-bond donors (Lipinski definition) is 1. The minimum atomic E-state index is -4.54. The topological polar surface area (TPSA) is 20.2 Å². The van der Waals surface area contributed by atoms with E-state index >= 15 is 0 Å². The van der Waals surface area contributed by atoms with Crippen LogP contribution in [0.3, 0.4) is 0 Å². The summed E-state index contributed by atoms with van der Waals surface area (Å²) in [5, 5.41) is 9.94. The van der Waals surface area contributed by atoms with Crippen LogP contribution < -0.4 is 0 Å². The third-order valence-corrected chi connectivity index (χ3v) is 7.59. The van der Waals surface area contributed by atoms with Gasteiger partial charge in [-0.25, -0.2) is 0 Å². The lowest BCUT2D eigenvalue weighted by molar-refractivity contribution is -0.261. The number of rotatable bonds is 3. The Morgan fingerprint density at radius 2 is 1.76 bits per heavy atom. The molecule has 1 nitrogen and oxygen atoms in total. The summed E-state index contributed by atoms with van der Waals surface area (Å²) in [6, 6.07) is 0. The van der Waals surface area contributed by atoms with Crippen molar-refractivity contribution in [2.24, 2.45) is 40.4 Å². The normalized spacial score (nSPS) is 49.9. The van der Waals surface area contributed by atoms with Crippen LogP contribution in [0.2, 0.25) is 0 Å². The molecule has 122 valence electrons. The molecular weight excluding hydrogens is 277 g/mol. The monoisotopic (exact) mass is 304 g/mol. The summed E-state index contributed by atoms with van der Waals surface area (Å²) in [4.78, 5) is 0. The first-order valence-electron chi connectivity index (χ1n) is 8.20. The van der Waals surface area contributed by atoms with Crippen molar-refractivity contribution >= 4 is 0 Å². The largest absolute Gasteiger partial charge is 0.416 e. The van der Waals surface area contributed by atoms with Crippen LogP contribution in [0.4, 0.5) is 13.2 Å². The lowest BCUT2D eigenvalue weighted by Gasteiger charge is -2.37. The van der Waals surface area contributed by atoms with Crippen molar-refractivity contribution in [1.82, 2.24) is 0 Å². The predicted molar refractivity (Wildman–Crippen MR) is 75.5 cm³/mol. The van der Waals surface area contributed by atoms with E-state index in [2.05, 4.69) is 27.7 Å². The minimum Gasteiger partial charge on any atom is -0.381 e. The Balaban J connectivity index is 1.86. The molecule has 0 aromatic carbocycles. The fourth-order valence-electron chi connectivity index (χ4n) is 6.17. The Hall–Kier alpha value is -0.250. The molecule has 0 aliphatic heterocycles. The molecule has 0 aromatic heterocycles. The summed E-state index contributed by atoms with van der Waals surface area (Å²) < 4.78 is 39.2. The average molecular weight is 304 g/mol. The van der Waals surface area contributed by atoms with E-state index in [1.165, 1.54) is 0 Å². The van der Waals surface area contributed by atoms with Crippen LogP contribution in [0.25, 0.3) is 0 Å². The van der Waals surface area contributed by atoms with E-state index in [1.807, 2.05) is 0 Å². The van der Waals surface area contributed by atoms with Crippen molar-refractivity contribution in [3.63, 3.8) is 0 Å². The molecule has 4 heteroatoms. The van der Waals surface area contributed by atoms with Gasteiger partial charge in [-0.3, -0.25) is 0 Å². The maximum atomic E-state index is 13.1. The zero-order valence-electron chi connectivity index (χ0n) is 13.6. The average Bonchev–Trinajstić information content (AvgIpc) is 3.11. The molecule has 0 heterocycles. The second kappa shape index (κ2) is 3.98. The SMILES string of the molecule is CCC12C(CC(C)(O)C(F)(F)F)CC3C(C1C2C)C3(C)C. The van der Waals surface area contributed by atoms with E-state index in [0.717, 1.165) is 19.8 Å². The summed E-state index contributed by atoms with van der Waals surface area (Å²) in [5.41, 5.74) is -2.22. The third kappa shape index (κ3) is 1.80. The highest BCUT2D eigenvalue weighted by molar-refractivity contribution is 5.27. The predicted octanol–water partition coefficient (Wildman–Crippen LogP) is 4.64. The van der Waals surface area contributed by atoms with Gasteiger partial charge in [0.15, 0.2) is 5.60 Å².